The first-order chi connectivity index (χ1) is 10.6. The second-order valence-electron chi connectivity index (χ2n) is 4.89. The highest BCUT2D eigenvalue weighted by molar-refractivity contribution is 6.03. The van der Waals surface area contributed by atoms with E-state index in [9.17, 15) is 14.3 Å². The minimum absolute atomic E-state index is 0.139. The minimum Gasteiger partial charge on any atom is -0.486 e. The topological polar surface area (TPSA) is 59.7 Å². The first kappa shape index (κ1) is 14.1. The van der Waals surface area contributed by atoms with Gasteiger partial charge in [0.2, 0.25) is 0 Å². The lowest BCUT2D eigenvalue weighted by atomic mass is 10.1. The third kappa shape index (κ3) is 2.53. The van der Waals surface area contributed by atoms with E-state index in [-0.39, 0.29) is 17.9 Å². The summed E-state index contributed by atoms with van der Waals surface area (Å²) in [6, 6.07) is 11.3. The molecule has 3 aromatic rings. The average Bonchev–Trinajstić information content (AvgIpc) is 2.81. The van der Waals surface area contributed by atoms with E-state index in [0.717, 1.165) is 5.56 Å². The van der Waals surface area contributed by atoms with Crippen LogP contribution >= 0.6 is 0 Å². The first-order valence-electron chi connectivity index (χ1n) is 6.69. The third-order valence-corrected chi connectivity index (χ3v) is 3.37. The Bertz CT molecular complexity index is 851. The largest absolute Gasteiger partial charge is 0.486 e. The van der Waals surface area contributed by atoms with Gasteiger partial charge in [-0.3, -0.25) is 0 Å². The molecule has 1 heterocycles. The Labute approximate surface area is 125 Å². The van der Waals surface area contributed by atoms with E-state index in [1.807, 2.05) is 0 Å². The molecule has 0 saturated carbocycles. The van der Waals surface area contributed by atoms with Crippen LogP contribution in [-0.2, 0) is 6.61 Å². The van der Waals surface area contributed by atoms with E-state index >= 15 is 0 Å². The predicted octanol–water partition coefficient (Wildman–Crippen LogP) is 4.16. The van der Waals surface area contributed by atoms with Crippen molar-refractivity contribution in [2.24, 2.45) is 0 Å². The van der Waals surface area contributed by atoms with Gasteiger partial charge in [-0.05, 0) is 36.8 Å². The number of aryl methyl sites for hydroxylation is 1. The van der Waals surface area contributed by atoms with Crippen LogP contribution in [0.15, 0.2) is 46.9 Å². The van der Waals surface area contributed by atoms with E-state index in [0.29, 0.717) is 16.7 Å². The van der Waals surface area contributed by atoms with Crippen molar-refractivity contribution >= 4 is 16.9 Å². The molecule has 0 radical (unpaired) electrons. The molecule has 5 heteroatoms. The van der Waals surface area contributed by atoms with Gasteiger partial charge in [0, 0.05) is 5.39 Å². The zero-order chi connectivity index (χ0) is 15.7. The molecule has 1 aromatic heterocycles. The van der Waals surface area contributed by atoms with Crippen molar-refractivity contribution in [3.05, 3.63) is 65.2 Å². The van der Waals surface area contributed by atoms with Crippen LogP contribution in [0, 0.1) is 12.7 Å². The van der Waals surface area contributed by atoms with Crippen LogP contribution in [0.3, 0.4) is 0 Å². The zero-order valence-electron chi connectivity index (χ0n) is 11.8. The van der Waals surface area contributed by atoms with Gasteiger partial charge in [-0.1, -0.05) is 18.2 Å². The second kappa shape index (κ2) is 5.52. The Morgan fingerprint density at radius 3 is 2.77 bits per heavy atom. The van der Waals surface area contributed by atoms with Gasteiger partial charge in [0.25, 0.3) is 0 Å². The number of rotatable bonds is 4. The molecule has 112 valence electrons. The first-order valence-corrected chi connectivity index (χ1v) is 6.69. The summed E-state index contributed by atoms with van der Waals surface area (Å²) in [6.45, 7) is 1.75. The van der Waals surface area contributed by atoms with Gasteiger partial charge in [0.1, 0.15) is 23.5 Å². The molecule has 3 rings (SSSR count). The highest BCUT2D eigenvalue weighted by Gasteiger charge is 2.17. The Hall–Kier alpha value is -2.82. The molecule has 0 saturated heterocycles. The highest BCUT2D eigenvalue weighted by atomic mass is 19.1. The highest BCUT2D eigenvalue weighted by Crippen LogP contribution is 2.27. The van der Waals surface area contributed by atoms with Crippen molar-refractivity contribution in [1.82, 2.24) is 0 Å². The van der Waals surface area contributed by atoms with Gasteiger partial charge in [0.15, 0.2) is 11.6 Å². The van der Waals surface area contributed by atoms with E-state index in [4.69, 9.17) is 9.15 Å². The molecular weight excluding hydrogens is 287 g/mol. The fourth-order valence-electron chi connectivity index (χ4n) is 2.35. The standard InChI is InChI=1S/C17H13FO4/c1-10-16(17(19)20)12-8-11(6-7-14(12)22-10)9-21-15-5-3-2-4-13(15)18/h2-8H,9H2,1H3,(H,19,20). The van der Waals surface area contributed by atoms with Crippen LogP contribution in [-0.4, -0.2) is 11.1 Å². The van der Waals surface area contributed by atoms with Crippen molar-refractivity contribution in [1.29, 1.82) is 0 Å². The lowest BCUT2D eigenvalue weighted by Gasteiger charge is -2.07. The maximum Gasteiger partial charge on any atom is 0.339 e. The predicted molar refractivity (Wildman–Crippen MR) is 78.6 cm³/mol. The van der Waals surface area contributed by atoms with Gasteiger partial charge in [-0.25, -0.2) is 9.18 Å². The monoisotopic (exact) mass is 300 g/mol. The quantitative estimate of drug-likeness (QED) is 0.786. The number of ether oxygens (including phenoxy) is 1. The Morgan fingerprint density at radius 1 is 1.27 bits per heavy atom. The van der Waals surface area contributed by atoms with Crippen LogP contribution in [0.25, 0.3) is 11.0 Å². The normalized spacial score (nSPS) is 10.8. The van der Waals surface area contributed by atoms with Gasteiger partial charge in [-0.15, -0.1) is 0 Å². The lowest BCUT2D eigenvalue weighted by Crippen LogP contribution is -1.99. The molecule has 0 atom stereocenters. The fourth-order valence-corrected chi connectivity index (χ4v) is 2.35. The van der Waals surface area contributed by atoms with E-state index < -0.39 is 11.8 Å². The number of carboxylic acids is 1. The van der Waals surface area contributed by atoms with E-state index in [2.05, 4.69) is 0 Å². The van der Waals surface area contributed by atoms with Crippen LogP contribution in [0.4, 0.5) is 4.39 Å². The summed E-state index contributed by atoms with van der Waals surface area (Å²) in [4.78, 5) is 11.3. The minimum atomic E-state index is -1.04. The summed E-state index contributed by atoms with van der Waals surface area (Å²) >= 11 is 0. The summed E-state index contributed by atoms with van der Waals surface area (Å²) in [5, 5.41) is 9.76. The van der Waals surface area contributed by atoms with Crippen molar-refractivity contribution < 1.29 is 23.4 Å². The number of halogens is 1. The molecular formula is C17H13FO4. The Morgan fingerprint density at radius 2 is 2.05 bits per heavy atom. The van der Waals surface area contributed by atoms with Gasteiger partial charge >= 0.3 is 5.97 Å². The van der Waals surface area contributed by atoms with Crippen LogP contribution in [0.1, 0.15) is 21.7 Å². The van der Waals surface area contributed by atoms with Gasteiger partial charge < -0.3 is 14.3 Å². The molecule has 4 nitrogen and oxygen atoms in total. The molecule has 0 amide bonds. The summed E-state index contributed by atoms with van der Waals surface area (Å²) in [6.07, 6.45) is 0. The number of para-hydroxylation sites is 1. The molecule has 0 aliphatic heterocycles. The fraction of sp³-hybridized carbons (Fsp3) is 0.118. The SMILES string of the molecule is Cc1oc2ccc(COc3ccccc3F)cc2c1C(=O)O. The number of furan rings is 1. The number of hydrogen-bond acceptors (Lipinski definition) is 3. The lowest BCUT2D eigenvalue weighted by molar-refractivity contribution is 0.0697. The summed E-state index contributed by atoms with van der Waals surface area (Å²) < 4.78 is 24.3. The van der Waals surface area contributed by atoms with Crippen molar-refractivity contribution in [2.45, 2.75) is 13.5 Å². The van der Waals surface area contributed by atoms with Crippen molar-refractivity contribution in [2.75, 3.05) is 0 Å². The molecule has 0 aliphatic rings. The summed E-state index contributed by atoms with van der Waals surface area (Å²) in [5.41, 5.74) is 1.38. The number of carbonyl (C=O) groups is 1. The van der Waals surface area contributed by atoms with E-state index in [1.165, 1.54) is 6.07 Å². The molecule has 2 aromatic carbocycles. The molecule has 0 bridgehead atoms. The number of aromatic carboxylic acids is 1. The third-order valence-electron chi connectivity index (χ3n) is 3.37. The van der Waals surface area contributed by atoms with Crippen molar-refractivity contribution in [3.63, 3.8) is 0 Å². The van der Waals surface area contributed by atoms with E-state index in [1.54, 1.807) is 43.3 Å². The molecule has 0 unspecified atom stereocenters. The number of fused-ring (bicyclic) bond motifs is 1. The van der Waals surface area contributed by atoms with Crippen LogP contribution in [0.5, 0.6) is 5.75 Å². The summed E-state index contributed by atoms with van der Waals surface area (Å²) in [5.74, 6) is -0.962. The maximum absolute atomic E-state index is 13.5. The Balaban J connectivity index is 1.90. The van der Waals surface area contributed by atoms with Crippen LogP contribution in [0.2, 0.25) is 0 Å². The number of benzene rings is 2. The van der Waals surface area contributed by atoms with Crippen molar-refractivity contribution in [3.8, 4) is 5.75 Å². The Kier molecular flexibility index (Phi) is 3.55. The zero-order valence-corrected chi connectivity index (χ0v) is 11.8. The maximum atomic E-state index is 13.5. The number of hydrogen-bond donors (Lipinski definition) is 1. The molecule has 0 aliphatic carbocycles. The second-order valence-corrected chi connectivity index (χ2v) is 4.89. The molecule has 1 N–H and O–H groups in total. The smallest absolute Gasteiger partial charge is 0.339 e. The molecule has 22 heavy (non-hydrogen) atoms. The molecule has 0 fully saturated rings. The van der Waals surface area contributed by atoms with Gasteiger partial charge in [0.05, 0.1) is 0 Å². The van der Waals surface area contributed by atoms with Crippen LogP contribution < -0.4 is 4.74 Å². The van der Waals surface area contributed by atoms with Gasteiger partial charge in [-0.2, -0.15) is 0 Å². The average molecular weight is 300 g/mol. The molecule has 0 spiro atoms. The number of carboxylic acid groups (broad SMARTS) is 1. The summed E-state index contributed by atoms with van der Waals surface area (Å²) in [7, 11) is 0.